The Hall–Kier alpha value is -0.330. The lowest BCUT2D eigenvalue weighted by atomic mass is 10.1. The van der Waals surface area contributed by atoms with Crippen LogP contribution in [0.2, 0.25) is 0 Å². The minimum atomic E-state index is 1.05. The second kappa shape index (κ2) is 14.7. The van der Waals surface area contributed by atoms with E-state index in [-0.39, 0.29) is 0 Å². The van der Waals surface area contributed by atoms with E-state index in [0.29, 0.717) is 0 Å². The molecule has 0 aliphatic carbocycles. The quantitative estimate of drug-likeness (QED) is 0.312. The molecule has 0 spiro atoms. The van der Waals surface area contributed by atoms with Crippen LogP contribution < -0.4 is 0 Å². The summed E-state index contributed by atoms with van der Waals surface area (Å²) in [6.45, 7) is 5.58. The molecule has 0 heterocycles. The van der Waals surface area contributed by atoms with Gasteiger partial charge in [-0.2, -0.15) is 0 Å². The Labute approximate surface area is 103 Å². The zero-order chi connectivity index (χ0) is 11.9. The Morgan fingerprint density at radius 2 is 1.25 bits per heavy atom. The van der Waals surface area contributed by atoms with Crippen LogP contribution in [0, 0.1) is 0 Å². The van der Waals surface area contributed by atoms with E-state index < -0.39 is 0 Å². The smallest absolute Gasteiger partial charge is 0.0385 e. The molecule has 0 rings (SSSR count). The molecular formula is C15H31N. The van der Waals surface area contributed by atoms with Crippen molar-refractivity contribution >= 4 is 6.21 Å². The molecule has 0 fully saturated rings. The maximum atomic E-state index is 4.46. The summed E-state index contributed by atoms with van der Waals surface area (Å²) >= 11 is 0. The third kappa shape index (κ3) is 13.7. The third-order valence-corrected chi connectivity index (χ3v) is 2.96. The van der Waals surface area contributed by atoms with Crippen LogP contribution in [0.5, 0.6) is 0 Å². The van der Waals surface area contributed by atoms with Gasteiger partial charge in [-0.1, -0.05) is 65.2 Å². The first-order valence-corrected chi connectivity index (χ1v) is 7.40. The van der Waals surface area contributed by atoms with E-state index in [1.165, 1.54) is 70.6 Å². The molecule has 0 bridgehead atoms. The largest absolute Gasteiger partial charge is 0.298 e. The molecule has 0 amide bonds. The SMILES string of the molecule is CCCCCCCC=NCCCCCCC. The molecule has 0 aromatic heterocycles. The number of hydrogen-bond donors (Lipinski definition) is 0. The minimum absolute atomic E-state index is 1.05. The van der Waals surface area contributed by atoms with Gasteiger partial charge in [0.1, 0.15) is 0 Å². The molecule has 1 heteroatoms. The van der Waals surface area contributed by atoms with Gasteiger partial charge in [0.05, 0.1) is 0 Å². The highest BCUT2D eigenvalue weighted by atomic mass is 14.7. The molecule has 0 radical (unpaired) electrons. The molecule has 0 aromatic rings. The molecule has 96 valence electrons. The molecule has 0 unspecified atom stereocenters. The summed E-state index contributed by atoms with van der Waals surface area (Å²) in [6.07, 6.45) is 17.0. The maximum Gasteiger partial charge on any atom is 0.0385 e. The second-order valence-corrected chi connectivity index (χ2v) is 4.71. The van der Waals surface area contributed by atoms with E-state index in [0.717, 1.165) is 6.54 Å². The monoisotopic (exact) mass is 225 g/mol. The fourth-order valence-corrected chi connectivity index (χ4v) is 1.83. The summed E-state index contributed by atoms with van der Waals surface area (Å²) in [5, 5.41) is 0. The van der Waals surface area contributed by atoms with E-state index in [4.69, 9.17) is 0 Å². The average Bonchev–Trinajstić information content (AvgIpc) is 2.31. The van der Waals surface area contributed by atoms with Crippen LogP contribution in [-0.4, -0.2) is 12.8 Å². The van der Waals surface area contributed by atoms with E-state index in [2.05, 4.69) is 25.1 Å². The Morgan fingerprint density at radius 3 is 1.88 bits per heavy atom. The zero-order valence-electron chi connectivity index (χ0n) is 11.5. The van der Waals surface area contributed by atoms with E-state index in [1.807, 2.05) is 0 Å². The molecule has 16 heavy (non-hydrogen) atoms. The lowest BCUT2D eigenvalue weighted by molar-refractivity contribution is 0.635. The van der Waals surface area contributed by atoms with Crippen molar-refractivity contribution in [1.82, 2.24) is 0 Å². The van der Waals surface area contributed by atoms with Crippen molar-refractivity contribution in [3.8, 4) is 0 Å². The van der Waals surface area contributed by atoms with Gasteiger partial charge in [-0.3, -0.25) is 4.99 Å². The van der Waals surface area contributed by atoms with Crippen molar-refractivity contribution in [3.63, 3.8) is 0 Å². The Kier molecular flexibility index (Phi) is 14.4. The zero-order valence-corrected chi connectivity index (χ0v) is 11.5. The average molecular weight is 225 g/mol. The van der Waals surface area contributed by atoms with Gasteiger partial charge >= 0.3 is 0 Å². The number of nitrogens with zero attached hydrogens (tertiary/aromatic N) is 1. The number of rotatable bonds is 12. The van der Waals surface area contributed by atoms with Crippen molar-refractivity contribution in [2.75, 3.05) is 6.54 Å². The second-order valence-electron chi connectivity index (χ2n) is 4.71. The standard InChI is InChI=1S/C15H31N/c1-3-5-7-9-11-13-15-16-14-12-10-8-6-4-2/h15H,3-14H2,1-2H3. The van der Waals surface area contributed by atoms with Gasteiger partial charge in [0.25, 0.3) is 0 Å². The molecule has 0 saturated heterocycles. The van der Waals surface area contributed by atoms with Crippen molar-refractivity contribution < 1.29 is 0 Å². The van der Waals surface area contributed by atoms with Crippen LogP contribution >= 0.6 is 0 Å². The molecule has 0 atom stereocenters. The molecule has 0 aliphatic heterocycles. The molecule has 0 aliphatic rings. The van der Waals surface area contributed by atoms with E-state index in [9.17, 15) is 0 Å². The third-order valence-electron chi connectivity index (χ3n) is 2.96. The summed E-state index contributed by atoms with van der Waals surface area (Å²) in [4.78, 5) is 4.46. The first-order valence-electron chi connectivity index (χ1n) is 7.40. The van der Waals surface area contributed by atoms with Gasteiger partial charge in [0.2, 0.25) is 0 Å². The summed E-state index contributed by atoms with van der Waals surface area (Å²) in [5.74, 6) is 0. The van der Waals surface area contributed by atoms with Crippen molar-refractivity contribution in [1.29, 1.82) is 0 Å². The van der Waals surface area contributed by atoms with Crippen LogP contribution in [-0.2, 0) is 0 Å². The summed E-state index contributed by atoms with van der Waals surface area (Å²) in [5.41, 5.74) is 0. The van der Waals surface area contributed by atoms with Crippen LogP contribution in [0.1, 0.15) is 84.5 Å². The van der Waals surface area contributed by atoms with Gasteiger partial charge < -0.3 is 0 Å². The summed E-state index contributed by atoms with van der Waals surface area (Å²) in [6, 6.07) is 0. The van der Waals surface area contributed by atoms with E-state index >= 15 is 0 Å². The fraction of sp³-hybridized carbons (Fsp3) is 0.933. The first-order chi connectivity index (χ1) is 7.91. The fourth-order valence-electron chi connectivity index (χ4n) is 1.83. The van der Waals surface area contributed by atoms with Gasteiger partial charge in [0.15, 0.2) is 0 Å². The molecular weight excluding hydrogens is 194 g/mol. The Morgan fingerprint density at radius 1 is 0.688 bits per heavy atom. The lowest BCUT2D eigenvalue weighted by Crippen LogP contribution is -1.85. The van der Waals surface area contributed by atoms with Crippen LogP contribution in [0.4, 0.5) is 0 Å². The Bertz CT molecular complexity index is 124. The van der Waals surface area contributed by atoms with Crippen LogP contribution in [0.3, 0.4) is 0 Å². The van der Waals surface area contributed by atoms with Crippen molar-refractivity contribution in [2.45, 2.75) is 84.5 Å². The number of hydrogen-bond acceptors (Lipinski definition) is 1. The topological polar surface area (TPSA) is 12.4 Å². The summed E-state index contributed by atoms with van der Waals surface area (Å²) in [7, 11) is 0. The van der Waals surface area contributed by atoms with Gasteiger partial charge in [-0.05, 0) is 25.5 Å². The molecule has 0 saturated carbocycles. The lowest BCUT2D eigenvalue weighted by Gasteiger charge is -1.97. The number of aliphatic imine (C=N–C) groups is 1. The maximum absolute atomic E-state index is 4.46. The van der Waals surface area contributed by atoms with Gasteiger partial charge in [-0.25, -0.2) is 0 Å². The highest BCUT2D eigenvalue weighted by Crippen LogP contribution is 2.04. The molecule has 0 N–H and O–H groups in total. The summed E-state index contributed by atoms with van der Waals surface area (Å²) < 4.78 is 0. The van der Waals surface area contributed by atoms with Crippen molar-refractivity contribution in [2.24, 2.45) is 4.99 Å². The minimum Gasteiger partial charge on any atom is -0.298 e. The van der Waals surface area contributed by atoms with E-state index in [1.54, 1.807) is 0 Å². The molecule has 0 aromatic carbocycles. The van der Waals surface area contributed by atoms with Gasteiger partial charge in [0, 0.05) is 6.54 Å². The van der Waals surface area contributed by atoms with Gasteiger partial charge in [-0.15, -0.1) is 0 Å². The van der Waals surface area contributed by atoms with Crippen LogP contribution in [0.15, 0.2) is 4.99 Å². The Balaban J connectivity index is 2.98. The number of unbranched alkanes of at least 4 members (excludes halogenated alkanes) is 9. The molecule has 1 nitrogen and oxygen atoms in total. The van der Waals surface area contributed by atoms with Crippen LogP contribution in [0.25, 0.3) is 0 Å². The first kappa shape index (κ1) is 15.7. The highest BCUT2D eigenvalue weighted by molar-refractivity contribution is 5.56. The van der Waals surface area contributed by atoms with Crippen molar-refractivity contribution in [3.05, 3.63) is 0 Å². The predicted octanol–water partition coefficient (Wildman–Crippen LogP) is 5.39. The highest BCUT2D eigenvalue weighted by Gasteiger charge is 1.88. The predicted molar refractivity (Wildman–Crippen MR) is 75.5 cm³/mol. The normalized spacial score (nSPS) is 11.4.